The molecule has 3 heterocycles. The Morgan fingerprint density at radius 1 is 1.10 bits per heavy atom. The number of rotatable bonds is 3. The highest BCUT2D eigenvalue weighted by molar-refractivity contribution is 6.03. The fourth-order valence-electron chi connectivity index (χ4n) is 5.81. The zero-order valence-electron chi connectivity index (χ0n) is 17.4. The second-order valence-electron chi connectivity index (χ2n) is 8.92. The first-order chi connectivity index (χ1) is 14.5. The molecule has 5 rings (SSSR count). The van der Waals surface area contributed by atoms with Gasteiger partial charge in [0.05, 0.1) is 17.0 Å². The van der Waals surface area contributed by atoms with Crippen LogP contribution in [0.3, 0.4) is 0 Å². The third-order valence-corrected chi connectivity index (χ3v) is 7.19. The number of ketones is 2. The summed E-state index contributed by atoms with van der Waals surface area (Å²) in [6.45, 7) is 4.65. The third kappa shape index (κ3) is 2.95. The second kappa shape index (κ2) is 7.24. The van der Waals surface area contributed by atoms with Gasteiger partial charge in [0, 0.05) is 25.0 Å². The molecule has 2 saturated heterocycles. The van der Waals surface area contributed by atoms with E-state index in [4.69, 9.17) is 4.74 Å². The first-order valence-corrected chi connectivity index (χ1v) is 10.8. The molecule has 2 aromatic carbocycles. The summed E-state index contributed by atoms with van der Waals surface area (Å²) in [6.07, 6.45) is 2.87. The van der Waals surface area contributed by atoms with Crippen LogP contribution in [0.15, 0.2) is 36.4 Å². The molecular formula is C25H27NO4. The number of hydrogen-bond donors (Lipinski definition) is 1. The summed E-state index contributed by atoms with van der Waals surface area (Å²) < 4.78 is 6.26. The van der Waals surface area contributed by atoms with E-state index in [1.807, 2.05) is 38.1 Å². The monoisotopic (exact) mass is 405 g/mol. The van der Waals surface area contributed by atoms with Gasteiger partial charge in [-0.3, -0.25) is 14.5 Å². The van der Waals surface area contributed by atoms with Crippen molar-refractivity contribution < 1.29 is 19.4 Å². The Morgan fingerprint density at radius 2 is 1.87 bits per heavy atom. The fraction of sp³-hybridized carbons (Fsp3) is 0.440. The Balaban J connectivity index is 1.38. The summed E-state index contributed by atoms with van der Waals surface area (Å²) in [7, 11) is 0. The minimum Gasteiger partial charge on any atom is -0.507 e. The van der Waals surface area contributed by atoms with E-state index in [1.165, 1.54) is 0 Å². The molecule has 0 aromatic heterocycles. The molecule has 30 heavy (non-hydrogen) atoms. The maximum Gasteiger partial charge on any atom is 0.175 e. The van der Waals surface area contributed by atoms with Crippen molar-refractivity contribution >= 4 is 11.6 Å². The zero-order valence-corrected chi connectivity index (χ0v) is 17.4. The molecule has 0 spiro atoms. The molecule has 0 amide bonds. The minimum atomic E-state index is -0.167. The van der Waals surface area contributed by atoms with Crippen LogP contribution in [-0.4, -0.2) is 46.3 Å². The smallest absolute Gasteiger partial charge is 0.175 e. The van der Waals surface area contributed by atoms with Gasteiger partial charge < -0.3 is 9.84 Å². The topological polar surface area (TPSA) is 66.8 Å². The maximum atomic E-state index is 13.4. The van der Waals surface area contributed by atoms with Crippen LogP contribution in [0.25, 0.3) is 0 Å². The predicted molar refractivity (Wildman–Crippen MR) is 113 cm³/mol. The summed E-state index contributed by atoms with van der Waals surface area (Å²) >= 11 is 0. The quantitative estimate of drug-likeness (QED) is 0.780. The lowest BCUT2D eigenvalue weighted by atomic mass is 9.78. The van der Waals surface area contributed by atoms with E-state index in [-0.39, 0.29) is 41.4 Å². The van der Waals surface area contributed by atoms with Gasteiger partial charge >= 0.3 is 0 Å². The number of ether oxygens (including phenoxy) is 1. The molecule has 2 fully saturated rings. The standard InChI is InChI=1S/C25H27NO4/c1-14-5-3-7-18(27)22(14)19(28)13-16-9-10-17-24-21(11-12-26(16)17)30-20-8-4-6-15(2)23(20)25(24)29/h3-8,16-17,21,24,27H,9-13H2,1-2H3/t16-,17+,21+,24+/m0/s1. The summed E-state index contributed by atoms with van der Waals surface area (Å²) in [5, 5.41) is 10.2. The van der Waals surface area contributed by atoms with E-state index in [0.717, 1.165) is 48.2 Å². The first-order valence-electron chi connectivity index (χ1n) is 10.8. The molecule has 0 radical (unpaired) electrons. The van der Waals surface area contributed by atoms with Gasteiger partial charge in [-0.05, 0) is 56.4 Å². The molecule has 0 unspecified atom stereocenters. The van der Waals surface area contributed by atoms with Crippen LogP contribution >= 0.6 is 0 Å². The highest BCUT2D eigenvalue weighted by Crippen LogP contribution is 2.44. The number of carbonyl (C=O) groups is 2. The van der Waals surface area contributed by atoms with E-state index < -0.39 is 0 Å². The number of phenols is 1. The highest BCUT2D eigenvalue weighted by atomic mass is 16.5. The van der Waals surface area contributed by atoms with Gasteiger partial charge in [-0.25, -0.2) is 0 Å². The summed E-state index contributed by atoms with van der Waals surface area (Å²) in [5.41, 5.74) is 2.92. The number of Topliss-reactive ketones (excluding diaryl/α,β-unsaturated/α-hetero) is 2. The van der Waals surface area contributed by atoms with Crippen LogP contribution in [0.4, 0.5) is 0 Å². The minimum absolute atomic E-state index is 0.0224. The van der Waals surface area contributed by atoms with Crippen molar-refractivity contribution in [3.05, 3.63) is 58.7 Å². The van der Waals surface area contributed by atoms with Crippen molar-refractivity contribution in [1.29, 1.82) is 0 Å². The summed E-state index contributed by atoms with van der Waals surface area (Å²) in [6, 6.07) is 11.2. The predicted octanol–water partition coefficient (Wildman–Crippen LogP) is 4.08. The van der Waals surface area contributed by atoms with Crippen molar-refractivity contribution in [2.24, 2.45) is 5.92 Å². The van der Waals surface area contributed by atoms with Gasteiger partial charge in [-0.2, -0.15) is 0 Å². The Labute approximate surface area is 176 Å². The normalized spacial score (nSPS) is 27.7. The number of piperidine rings is 1. The lowest BCUT2D eigenvalue weighted by Crippen LogP contribution is -2.56. The van der Waals surface area contributed by atoms with Gasteiger partial charge in [0.15, 0.2) is 11.6 Å². The number of phenolic OH excluding ortho intramolecular Hbond substituents is 1. The van der Waals surface area contributed by atoms with E-state index in [9.17, 15) is 14.7 Å². The van der Waals surface area contributed by atoms with Gasteiger partial charge in [0.25, 0.3) is 0 Å². The summed E-state index contributed by atoms with van der Waals surface area (Å²) in [5.74, 6) is 0.772. The Bertz CT molecular complexity index is 1010. The number of benzene rings is 2. The largest absolute Gasteiger partial charge is 0.507 e. The molecule has 0 aliphatic carbocycles. The number of nitrogens with zero attached hydrogens (tertiary/aromatic N) is 1. The maximum absolute atomic E-state index is 13.4. The fourth-order valence-corrected chi connectivity index (χ4v) is 5.81. The van der Waals surface area contributed by atoms with Crippen molar-refractivity contribution in [3.63, 3.8) is 0 Å². The molecule has 3 aliphatic heterocycles. The number of carbonyl (C=O) groups excluding carboxylic acids is 2. The molecule has 4 atom stereocenters. The molecular weight excluding hydrogens is 378 g/mol. The highest BCUT2D eigenvalue weighted by Gasteiger charge is 2.51. The van der Waals surface area contributed by atoms with Crippen molar-refractivity contribution in [2.75, 3.05) is 6.54 Å². The van der Waals surface area contributed by atoms with E-state index in [2.05, 4.69) is 4.90 Å². The molecule has 5 nitrogen and oxygen atoms in total. The van der Waals surface area contributed by atoms with Crippen LogP contribution in [0.2, 0.25) is 0 Å². The van der Waals surface area contributed by atoms with Crippen LogP contribution in [0, 0.1) is 19.8 Å². The van der Waals surface area contributed by atoms with Gasteiger partial charge in [0.2, 0.25) is 0 Å². The molecule has 2 aromatic rings. The van der Waals surface area contributed by atoms with E-state index >= 15 is 0 Å². The Hall–Kier alpha value is -2.66. The molecule has 3 aliphatic rings. The lowest BCUT2D eigenvalue weighted by Gasteiger charge is -2.45. The number of aryl methyl sites for hydroxylation is 2. The van der Waals surface area contributed by atoms with Crippen molar-refractivity contribution in [1.82, 2.24) is 4.90 Å². The summed E-state index contributed by atoms with van der Waals surface area (Å²) in [4.78, 5) is 28.8. The van der Waals surface area contributed by atoms with Gasteiger partial charge in [-0.1, -0.05) is 24.3 Å². The Kier molecular flexibility index (Phi) is 4.66. The number of fused-ring (bicyclic) bond motifs is 4. The molecule has 156 valence electrons. The average molecular weight is 405 g/mol. The van der Waals surface area contributed by atoms with Gasteiger partial charge in [0.1, 0.15) is 17.6 Å². The van der Waals surface area contributed by atoms with Crippen LogP contribution in [0.5, 0.6) is 11.5 Å². The van der Waals surface area contributed by atoms with Crippen LogP contribution < -0.4 is 4.74 Å². The molecule has 5 heteroatoms. The number of aromatic hydroxyl groups is 1. The van der Waals surface area contributed by atoms with E-state index in [0.29, 0.717) is 12.0 Å². The zero-order chi connectivity index (χ0) is 21.0. The second-order valence-corrected chi connectivity index (χ2v) is 8.92. The van der Waals surface area contributed by atoms with Crippen molar-refractivity contribution in [2.45, 2.75) is 57.7 Å². The molecule has 1 N–H and O–H groups in total. The first kappa shape index (κ1) is 19.3. The number of hydrogen-bond acceptors (Lipinski definition) is 5. The Morgan fingerprint density at radius 3 is 2.67 bits per heavy atom. The third-order valence-electron chi connectivity index (χ3n) is 7.19. The van der Waals surface area contributed by atoms with E-state index in [1.54, 1.807) is 12.1 Å². The molecule has 0 saturated carbocycles. The van der Waals surface area contributed by atoms with Crippen LogP contribution in [0.1, 0.15) is 57.5 Å². The average Bonchev–Trinajstić information content (AvgIpc) is 3.10. The van der Waals surface area contributed by atoms with Crippen LogP contribution in [-0.2, 0) is 0 Å². The SMILES string of the molecule is Cc1cccc(O)c1C(=O)C[C@@H]1CC[C@@H]2[C@H]3C(=O)c4c(C)cccc4O[C@@H]3CCN12. The lowest BCUT2D eigenvalue weighted by molar-refractivity contribution is -0.000333. The molecule has 0 bridgehead atoms. The van der Waals surface area contributed by atoms with Gasteiger partial charge in [-0.15, -0.1) is 0 Å². The van der Waals surface area contributed by atoms with Crippen molar-refractivity contribution in [3.8, 4) is 11.5 Å².